The van der Waals surface area contributed by atoms with Crippen LogP contribution in [0.1, 0.15) is 40.0 Å². The average molecular weight is 310 g/mol. The molecule has 0 aromatic rings. The van der Waals surface area contributed by atoms with Gasteiger partial charge in [0.2, 0.25) is 0 Å². The van der Waals surface area contributed by atoms with Gasteiger partial charge in [-0.25, -0.2) is 4.79 Å². The van der Waals surface area contributed by atoms with E-state index in [1.807, 2.05) is 12.2 Å². The highest BCUT2D eigenvalue weighted by molar-refractivity contribution is 5.75. The molecule has 1 saturated carbocycles. The molecule has 0 heterocycles. The summed E-state index contributed by atoms with van der Waals surface area (Å²) in [5.74, 6) is 0.483. The van der Waals surface area contributed by atoms with Gasteiger partial charge >= 0.3 is 6.03 Å². The van der Waals surface area contributed by atoms with Crippen molar-refractivity contribution in [1.82, 2.24) is 10.6 Å². The van der Waals surface area contributed by atoms with Gasteiger partial charge in [-0.15, -0.1) is 0 Å². The second-order valence-electron chi connectivity index (χ2n) is 6.72. The van der Waals surface area contributed by atoms with Gasteiger partial charge in [0.15, 0.2) is 0 Å². The molecular formula is C17H30N2O3. The summed E-state index contributed by atoms with van der Waals surface area (Å²) in [7, 11) is 1.76. The molecule has 2 aliphatic rings. The molecule has 126 valence electrons. The maximum absolute atomic E-state index is 12.3. The van der Waals surface area contributed by atoms with E-state index in [9.17, 15) is 4.79 Å². The van der Waals surface area contributed by atoms with Crippen molar-refractivity contribution in [2.75, 3.05) is 13.7 Å². The Morgan fingerprint density at radius 2 is 2.00 bits per heavy atom. The Morgan fingerprint density at radius 3 is 2.50 bits per heavy atom. The van der Waals surface area contributed by atoms with Gasteiger partial charge in [-0.05, 0) is 19.3 Å². The minimum Gasteiger partial charge on any atom is -0.396 e. The van der Waals surface area contributed by atoms with Crippen LogP contribution in [0.15, 0.2) is 12.2 Å². The Kier molecular flexibility index (Phi) is 5.50. The Bertz CT molecular complexity index is 420. The first-order chi connectivity index (χ1) is 10.5. The average Bonchev–Trinajstić information content (AvgIpc) is 2.97. The van der Waals surface area contributed by atoms with E-state index >= 15 is 0 Å². The van der Waals surface area contributed by atoms with E-state index < -0.39 is 0 Å². The van der Waals surface area contributed by atoms with Crippen molar-refractivity contribution in [2.45, 2.75) is 58.2 Å². The first kappa shape index (κ1) is 17.3. The molecule has 0 aromatic heterocycles. The van der Waals surface area contributed by atoms with Crippen molar-refractivity contribution in [2.24, 2.45) is 17.3 Å². The summed E-state index contributed by atoms with van der Waals surface area (Å²) in [5, 5.41) is 15.3. The fraction of sp³-hybridized carbons (Fsp3) is 0.824. The topological polar surface area (TPSA) is 70.6 Å². The third kappa shape index (κ3) is 2.88. The number of carbonyl (C=O) groups excluding carboxylic acids is 1. The number of rotatable bonds is 6. The molecule has 5 heteroatoms. The molecule has 0 radical (unpaired) electrons. The van der Waals surface area contributed by atoms with Crippen LogP contribution in [0.25, 0.3) is 0 Å². The van der Waals surface area contributed by atoms with Crippen LogP contribution in [-0.4, -0.2) is 43.0 Å². The van der Waals surface area contributed by atoms with Gasteiger partial charge in [-0.2, -0.15) is 0 Å². The molecule has 2 rings (SSSR count). The number of amides is 2. The zero-order valence-corrected chi connectivity index (χ0v) is 14.1. The standard InChI is InChI=1S/C17H30N2O3/c1-5-17(6-2)14(11(3)15(17)22-4)19-16(21)18-13-8-7-12(9-13)10-20/h7-8,11-15,20H,5-6,9-10H2,1-4H3,(H2,18,19,21)/t11-,12+,13-,14-,15+/m1/s1. The smallest absolute Gasteiger partial charge is 0.315 e. The highest BCUT2D eigenvalue weighted by atomic mass is 16.5. The molecule has 0 bridgehead atoms. The molecule has 0 aliphatic heterocycles. The van der Waals surface area contributed by atoms with E-state index in [1.54, 1.807) is 7.11 Å². The van der Waals surface area contributed by atoms with E-state index in [4.69, 9.17) is 9.84 Å². The van der Waals surface area contributed by atoms with Crippen LogP contribution in [0.3, 0.4) is 0 Å². The first-order valence-corrected chi connectivity index (χ1v) is 8.41. The van der Waals surface area contributed by atoms with Gasteiger partial charge in [-0.3, -0.25) is 0 Å². The van der Waals surface area contributed by atoms with Crippen LogP contribution in [0.2, 0.25) is 0 Å². The molecule has 0 unspecified atom stereocenters. The maximum Gasteiger partial charge on any atom is 0.315 e. The number of aliphatic hydroxyl groups excluding tert-OH is 1. The molecule has 0 spiro atoms. The molecule has 22 heavy (non-hydrogen) atoms. The predicted molar refractivity (Wildman–Crippen MR) is 86.6 cm³/mol. The number of carbonyl (C=O) groups is 1. The Balaban J connectivity index is 1.92. The third-order valence-corrected chi connectivity index (χ3v) is 5.77. The molecular weight excluding hydrogens is 280 g/mol. The molecule has 0 aromatic carbocycles. The summed E-state index contributed by atoms with van der Waals surface area (Å²) < 4.78 is 5.66. The van der Waals surface area contributed by atoms with E-state index in [0.29, 0.717) is 5.92 Å². The predicted octanol–water partition coefficient (Wildman–Crippen LogP) is 2.06. The first-order valence-electron chi connectivity index (χ1n) is 8.41. The van der Waals surface area contributed by atoms with Crippen LogP contribution >= 0.6 is 0 Å². The fourth-order valence-corrected chi connectivity index (χ4v) is 4.47. The second-order valence-corrected chi connectivity index (χ2v) is 6.72. The summed E-state index contributed by atoms with van der Waals surface area (Å²) in [5.41, 5.74) is 0.0324. The summed E-state index contributed by atoms with van der Waals surface area (Å²) in [6.07, 6.45) is 6.91. The van der Waals surface area contributed by atoms with Crippen LogP contribution < -0.4 is 10.6 Å². The second kappa shape index (κ2) is 7.01. The number of hydrogen-bond acceptors (Lipinski definition) is 3. The summed E-state index contributed by atoms with van der Waals surface area (Å²) >= 11 is 0. The van der Waals surface area contributed by atoms with Crippen molar-refractivity contribution in [3.63, 3.8) is 0 Å². The Labute approximate surface area is 133 Å². The molecule has 5 nitrogen and oxygen atoms in total. The highest BCUT2D eigenvalue weighted by Crippen LogP contribution is 2.52. The van der Waals surface area contributed by atoms with E-state index in [0.717, 1.165) is 19.3 Å². The van der Waals surface area contributed by atoms with Crippen LogP contribution in [0.4, 0.5) is 4.79 Å². The summed E-state index contributed by atoms with van der Waals surface area (Å²) in [6, 6.07) is 0.0424. The molecule has 3 N–H and O–H groups in total. The Hall–Kier alpha value is -1.07. The third-order valence-electron chi connectivity index (χ3n) is 5.77. The summed E-state index contributed by atoms with van der Waals surface area (Å²) in [6.45, 7) is 6.61. The summed E-state index contributed by atoms with van der Waals surface area (Å²) in [4.78, 5) is 12.3. The van der Waals surface area contributed by atoms with Crippen LogP contribution in [0, 0.1) is 17.3 Å². The number of urea groups is 1. The molecule has 2 aliphatic carbocycles. The van der Waals surface area contributed by atoms with Gasteiger partial charge in [0.1, 0.15) is 0 Å². The van der Waals surface area contributed by atoms with Crippen molar-refractivity contribution in [3.8, 4) is 0 Å². The lowest BCUT2D eigenvalue weighted by molar-refractivity contribution is -0.164. The molecule has 1 fully saturated rings. The monoisotopic (exact) mass is 310 g/mol. The van der Waals surface area contributed by atoms with Gasteiger partial charge in [-0.1, -0.05) is 32.9 Å². The number of nitrogens with one attached hydrogen (secondary N) is 2. The van der Waals surface area contributed by atoms with E-state index in [1.165, 1.54) is 0 Å². The van der Waals surface area contributed by atoms with Crippen LogP contribution in [-0.2, 0) is 4.74 Å². The number of ether oxygens (including phenoxy) is 1. The molecule has 0 saturated heterocycles. The molecule has 2 amide bonds. The van der Waals surface area contributed by atoms with Crippen LogP contribution in [0.5, 0.6) is 0 Å². The van der Waals surface area contributed by atoms with Gasteiger partial charge < -0.3 is 20.5 Å². The largest absolute Gasteiger partial charge is 0.396 e. The van der Waals surface area contributed by atoms with Crippen molar-refractivity contribution in [1.29, 1.82) is 0 Å². The van der Waals surface area contributed by atoms with Crippen molar-refractivity contribution >= 4 is 6.03 Å². The van der Waals surface area contributed by atoms with Gasteiger partial charge in [0.25, 0.3) is 0 Å². The fourth-order valence-electron chi connectivity index (χ4n) is 4.47. The minimum absolute atomic E-state index is 0.0170. The lowest BCUT2D eigenvalue weighted by Crippen LogP contribution is -2.70. The van der Waals surface area contributed by atoms with E-state index in [-0.39, 0.29) is 42.2 Å². The number of aliphatic hydroxyl groups is 1. The zero-order chi connectivity index (χ0) is 16.3. The molecule has 5 atom stereocenters. The lowest BCUT2D eigenvalue weighted by atomic mass is 9.53. The van der Waals surface area contributed by atoms with Gasteiger partial charge in [0.05, 0.1) is 6.10 Å². The number of hydrogen-bond donors (Lipinski definition) is 3. The Morgan fingerprint density at radius 1 is 1.32 bits per heavy atom. The quantitative estimate of drug-likeness (QED) is 0.658. The number of methoxy groups -OCH3 is 1. The van der Waals surface area contributed by atoms with Crippen molar-refractivity contribution in [3.05, 3.63) is 12.2 Å². The maximum atomic E-state index is 12.3. The highest BCUT2D eigenvalue weighted by Gasteiger charge is 2.58. The minimum atomic E-state index is -0.120. The normalized spacial score (nSPS) is 36.0. The lowest BCUT2D eigenvalue weighted by Gasteiger charge is -2.59. The van der Waals surface area contributed by atoms with Crippen molar-refractivity contribution < 1.29 is 14.6 Å². The SMILES string of the molecule is CCC1(CC)[C@H](NC(=O)N[C@@H]2C=C[C@H](CO)C2)[C@@H](C)[C@@H]1OC. The van der Waals surface area contributed by atoms with E-state index in [2.05, 4.69) is 31.4 Å². The zero-order valence-electron chi connectivity index (χ0n) is 14.1. The van der Waals surface area contributed by atoms with Gasteiger partial charge in [0, 0.05) is 43.1 Å².